The summed E-state index contributed by atoms with van der Waals surface area (Å²) in [4.78, 5) is 0. The summed E-state index contributed by atoms with van der Waals surface area (Å²) in [5.74, 6) is 0.221. The molecule has 1 aromatic heterocycles. The fourth-order valence-electron chi connectivity index (χ4n) is 1.32. The van der Waals surface area contributed by atoms with Crippen LogP contribution in [0.5, 0.6) is 0 Å². The molecule has 2 N–H and O–H groups in total. The molecule has 0 saturated carbocycles. The van der Waals surface area contributed by atoms with Crippen molar-refractivity contribution >= 4 is 26.9 Å². The van der Waals surface area contributed by atoms with Crippen molar-refractivity contribution in [2.75, 3.05) is 0 Å². The molecule has 2 nitrogen and oxygen atoms in total. The molecule has 74 valence electrons. The van der Waals surface area contributed by atoms with Gasteiger partial charge in [-0.2, -0.15) is 0 Å². The van der Waals surface area contributed by atoms with Crippen LogP contribution in [0.1, 0.15) is 18.7 Å². The van der Waals surface area contributed by atoms with Gasteiger partial charge in [0.1, 0.15) is 5.76 Å². The van der Waals surface area contributed by atoms with E-state index in [4.69, 9.17) is 10.2 Å². The molecule has 0 amide bonds. The SMILES string of the molecule is CC(N)c1cc2cc(Br)cc(F)c2o1. The first-order chi connectivity index (χ1) is 6.58. The van der Waals surface area contributed by atoms with E-state index in [9.17, 15) is 4.39 Å². The van der Waals surface area contributed by atoms with Crippen LogP contribution in [-0.4, -0.2) is 0 Å². The second-order valence-corrected chi connectivity index (χ2v) is 4.16. The fourth-order valence-corrected chi connectivity index (χ4v) is 1.77. The van der Waals surface area contributed by atoms with Gasteiger partial charge >= 0.3 is 0 Å². The highest BCUT2D eigenvalue weighted by Crippen LogP contribution is 2.28. The molecule has 0 fully saturated rings. The van der Waals surface area contributed by atoms with E-state index in [1.165, 1.54) is 6.07 Å². The summed E-state index contributed by atoms with van der Waals surface area (Å²) >= 11 is 3.22. The maximum absolute atomic E-state index is 13.4. The van der Waals surface area contributed by atoms with Crippen molar-refractivity contribution in [2.24, 2.45) is 5.73 Å². The number of hydrogen-bond donors (Lipinski definition) is 1. The molecule has 2 rings (SSSR count). The van der Waals surface area contributed by atoms with Crippen LogP contribution in [-0.2, 0) is 0 Å². The predicted molar refractivity (Wildman–Crippen MR) is 56.5 cm³/mol. The number of hydrogen-bond acceptors (Lipinski definition) is 2. The van der Waals surface area contributed by atoms with Crippen LogP contribution >= 0.6 is 15.9 Å². The first-order valence-electron chi connectivity index (χ1n) is 4.22. The maximum Gasteiger partial charge on any atom is 0.170 e. The largest absolute Gasteiger partial charge is 0.456 e. The molecule has 0 radical (unpaired) electrons. The zero-order chi connectivity index (χ0) is 10.3. The maximum atomic E-state index is 13.4. The summed E-state index contributed by atoms with van der Waals surface area (Å²) in [6.07, 6.45) is 0. The number of halogens is 2. The third-order valence-corrected chi connectivity index (χ3v) is 2.46. The van der Waals surface area contributed by atoms with E-state index in [-0.39, 0.29) is 17.4 Å². The van der Waals surface area contributed by atoms with Gasteiger partial charge in [-0.3, -0.25) is 0 Å². The summed E-state index contributed by atoms with van der Waals surface area (Å²) < 4.78 is 19.3. The lowest BCUT2D eigenvalue weighted by Gasteiger charge is -1.96. The van der Waals surface area contributed by atoms with E-state index in [1.54, 1.807) is 19.1 Å². The Morgan fingerprint density at radius 2 is 2.14 bits per heavy atom. The van der Waals surface area contributed by atoms with Crippen molar-refractivity contribution < 1.29 is 8.81 Å². The summed E-state index contributed by atoms with van der Waals surface area (Å²) in [6.45, 7) is 1.80. The third kappa shape index (κ3) is 1.55. The Balaban J connectivity index is 2.70. The van der Waals surface area contributed by atoms with Crippen LogP contribution in [0.25, 0.3) is 11.0 Å². The number of furan rings is 1. The van der Waals surface area contributed by atoms with Gasteiger partial charge in [0.2, 0.25) is 0 Å². The lowest BCUT2D eigenvalue weighted by molar-refractivity contribution is 0.493. The number of fused-ring (bicyclic) bond motifs is 1. The van der Waals surface area contributed by atoms with Crippen LogP contribution in [0.2, 0.25) is 0 Å². The molecule has 1 atom stereocenters. The lowest BCUT2D eigenvalue weighted by Crippen LogP contribution is -2.02. The van der Waals surface area contributed by atoms with Crippen molar-refractivity contribution in [3.05, 3.63) is 34.2 Å². The van der Waals surface area contributed by atoms with Crippen molar-refractivity contribution in [1.82, 2.24) is 0 Å². The van der Waals surface area contributed by atoms with Gasteiger partial charge in [-0.25, -0.2) is 4.39 Å². The molecule has 4 heteroatoms. The van der Waals surface area contributed by atoms with Gasteiger partial charge in [0.15, 0.2) is 11.4 Å². The Morgan fingerprint density at radius 1 is 1.43 bits per heavy atom. The van der Waals surface area contributed by atoms with Gasteiger partial charge in [-0.05, 0) is 25.1 Å². The van der Waals surface area contributed by atoms with Crippen molar-refractivity contribution in [2.45, 2.75) is 13.0 Å². The Bertz CT molecular complexity index is 478. The van der Waals surface area contributed by atoms with E-state index in [1.807, 2.05) is 0 Å². The molecule has 1 heterocycles. The van der Waals surface area contributed by atoms with Crippen molar-refractivity contribution in [3.63, 3.8) is 0 Å². The summed E-state index contributed by atoms with van der Waals surface area (Å²) in [5, 5.41) is 0.726. The Kier molecular flexibility index (Phi) is 2.33. The lowest BCUT2D eigenvalue weighted by atomic mass is 10.2. The minimum atomic E-state index is -0.374. The second kappa shape index (κ2) is 3.37. The molecule has 0 spiro atoms. The first-order valence-corrected chi connectivity index (χ1v) is 5.01. The molecular weight excluding hydrogens is 249 g/mol. The first kappa shape index (κ1) is 9.68. The van der Waals surface area contributed by atoms with Crippen molar-refractivity contribution in [1.29, 1.82) is 0 Å². The summed E-state index contributed by atoms with van der Waals surface area (Å²) in [6, 6.07) is 4.71. The number of benzene rings is 1. The summed E-state index contributed by atoms with van der Waals surface area (Å²) in [7, 11) is 0. The van der Waals surface area contributed by atoms with E-state index < -0.39 is 0 Å². The van der Waals surface area contributed by atoms with Gasteiger partial charge in [0, 0.05) is 9.86 Å². The monoisotopic (exact) mass is 257 g/mol. The number of nitrogens with two attached hydrogens (primary N) is 1. The summed E-state index contributed by atoms with van der Waals surface area (Å²) in [5.41, 5.74) is 5.90. The van der Waals surface area contributed by atoms with E-state index in [0.29, 0.717) is 10.2 Å². The normalized spacial score (nSPS) is 13.4. The van der Waals surface area contributed by atoms with Gasteiger partial charge < -0.3 is 10.2 Å². The van der Waals surface area contributed by atoms with Crippen LogP contribution in [0, 0.1) is 5.82 Å². The quantitative estimate of drug-likeness (QED) is 0.851. The van der Waals surface area contributed by atoms with Crippen LogP contribution < -0.4 is 5.73 Å². The fraction of sp³-hybridized carbons (Fsp3) is 0.200. The Morgan fingerprint density at radius 3 is 2.79 bits per heavy atom. The van der Waals surface area contributed by atoms with Crippen LogP contribution in [0.3, 0.4) is 0 Å². The number of rotatable bonds is 1. The molecule has 0 saturated heterocycles. The Labute approximate surface area is 89.0 Å². The zero-order valence-electron chi connectivity index (χ0n) is 7.55. The van der Waals surface area contributed by atoms with Crippen LogP contribution in [0.15, 0.2) is 27.1 Å². The van der Waals surface area contributed by atoms with Gasteiger partial charge in [0.05, 0.1) is 6.04 Å². The third-order valence-electron chi connectivity index (χ3n) is 2.00. The van der Waals surface area contributed by atoms with Gasteiger partial charge in [-0.15, -0.1) is 0 Å². The van der Waals surface area contributed by atoms with Gasteiger partial charge in [-0.1, -0.05) is 15.9 Å². The molecule has 1 aromatic carbocycles. The van der Waals surface area contributed by atoms with Crippen LogP contribution in [0.4, 0.5) is 4.39 Å². The smallest absolute Gasteiger partial charge is 0.170 e. The molecule has 2 aromatic rings. The predicted octanol–water partition coefficient (Wildman–Crippen LogP) is 3.35. The van der Waals surface area contributed by atoms with E-state index >= 15 is 0 Å². The zero-order valence-corrected chi connectivity index (χ0v) is 9.14. The topological polar surface area (TPSA) is 39.2 Å². The Hall–Kier alpha value is -0.870. The van der Waals surface area contributed by atoms with E-state index in [2.05, 4.69) is 15.9 Å². The second-order valence-electron chi connectivity index (χ2n) is 3.24. The molecular formula is C10H9BrFNO. The molecule has 0 bridgehead atoms. The van der Waals surface area contributed by atoms with Crippen molar-refractivity contribution in [3.8, 4) is 0 Å². The average Bonchev–Trinajstić information content (AvgIpc) is 2.47. The van der Waals surface area contributed by atoms with Gasteiger partial charge in [0.25, 0.3) is 0 Å². The highest BCUT2D eigenvalue weighted by atomic mass is 79.9. The molecule has 1 unspecified atom stereocenters. The minimum Gasteiger partial charge on any atom is -0.456 e. The standard InChI is InChI=1S/C10H9BrFNO/c1-5(13)9-3-6-2-7(11)4-8(12)10(6)14-9/h2-5H,13H2,1H3. The molecule has 0 aliphatic heterocycles. The highest BCUT2D eigenvalue weighted by Gasteiger charge is 2.11. The minimum absolute atomic E-state index is 0.222. The highest BCUT2D eigenvalue weighted by molar-refractivity contribution is 9.10. The molecule has 14 heavy (non-hydrogen) atoms. The molecule has 0 aliphatic rings. The molecule has 0 aliphatic carbocycles. The average molecular weight is 258 g/mol. The van der Waals surface area contributed by atoms with E-state index in [0.717, 1.165) is 5.39 Å².